The van der Waals surface area contributed by atoms with E-state index in [1.54, 1.807) is 0 Å². The van der Waals surface area contributed by atoms with Crippen LogP contribution in [0.2, 0.25) is 0 Å². The number of benzene rings is 6. The number of thioether (sulfide) groups is 2. The number of nitrogens with zero attached hydrogens (tertiary/aromatic N) is 8. The van der Waals surface area contributed by atoms with Gasteiger partial charge < -0.3 is 28.7 Å². The molecule has 2 aliphatic rings. The zero-order chi connectivity index (χ0) is 104. The standard InChI is InChI=1S/C37H40F4N4O2S.C36H38F4N4O2S/c1-4-43(5-2)19-20-44(22-26-9-13-28(14-10-26)29-15-18-32(25(3)21-29)37(39,40)41)34(46)23-45-33-8-6-7-31(33)35(47)42-36(45)48-24-27-11-16-30(38)17-12-27;1-3-42(4-2)20-21-43(22-25-8-12-27(13-9-25)28-14-16-29(17-15-28)36(38,39)40)33(45)23-44-32-7-5-6-31(32)34(46)41-35(44)47-24-26-10-18-30(37)19-11-26/h9-18,21H,4-8,19-20,22-24H2,1-3H3;8-19H,3-7,20-24H2,1-2H3/i4D2,5D2,6D2,7D2,8D2,9D,10D,13D,14D,15D,18D,19D2,20D2,21D,22D2,24D2;3D2,4D2,10D,11D,18D,19D,20D2,21D2,22D2,24D2. The van der Waals surface area contributed by atoms with Crippen LogP contribution in [0.15, 0.2) is 159 Å². The molecule has 0 fully saturated rings. The van der Waals surface area contributed by atoms with Crippen LogP contribution in [-0.2, 0) is 85.0 Å². The van der Waals surface area contributed by atoms with Gasteiger partial charge in [-0.25, -0.2) is 8.78 Å². The summed E-state index contributed by atoms with van der Waals surface area (Å²) in [7, 11) is 0. The molecule has 10 rings (SSSR count). The molecule has 0 atom stereocenters. The van der Waals surface area contributed by atoms with E-state index in [0.29, 0.717) is 34.6 Å². The number of rotatable bonds is 26. The van der Waals surface area contributed by atoms with Crippen molar-refractivity contribution >= 4 is 35.3 Å². The zero-order valence-corrected chi connectivity index (χ0v) is 51.6. The molecule has 0 bridgehead atoms. The minimum atomic E-state index is -5.33. The van der Waals surface area contributed by atoms with E-state index in [1.807, 2.05) is 0 Å². The van der Waals surface area contributed by atoms with Gasteiger partial charge in [0.2, 0.25) is 11.8 Å². The topological polar surface area (TPSA) is 117 Å². The smallest absolute Gasteiger partial charge is 0.336 e. The summed E-state index contributed by atoms with van der Waals surface area (Å²) in [5, 5.41) is -1.86. The molecule has 0 radical (unpaired) electrons. The largest absolute Gasteiger partial charge is 0.416 e. The first-order valence-corrected chi connectivity index (χ1v) is 29.3. The van der Waals surface area contributed by atoms with Crippen LogP contribution in [0.25, 0.3) is 22.3 Å². The molecule has 6 aromatic carbocycles. The Labute approximate surface area is 615 Å². The summed E-state index contributed by atoms with van der Waals surface area (Å²) in [6, 6.07) is -3.62. The lowest BCUT2D eigenvalue weighted by molar-refractivity contribution is -0.138. The minimum absolute atomic E-state index is 0.00476. The summed E-state index contributed by atoms with van der Waals surface area (Å²) >= 11 is -0.200. The molecule has 2 aliphatic carbocycles. The second-order valence-electron chi connectivity index (χ2n) is 19.4. The van der Waals surface area contributed by atoms with Gasteiger partial charge in [-0.05, 0) is 164 Å². The van der Waals surface area contributed by atoms with E-state index in [1.165, 1.54) is 12.1 Å². The monoisotopic (exact) mass is 1390 g/mol. The van der Waals surface area contributed by atoms with E-state index < -0.39 is 303 Å². The number of aromatic nitrogens is 4. The van der Waals surface area contributed by atoms with Crippen LogP contribution in [0, 0.1) is 18.6 Å². The van der Waals surface area contributed by atoms with E-state index in [9.17, 15) is 57.7 Å². The Bertz CT molecular complexity index is 6080. The van der Waals surface area contributed by atoms with Gasteiger partial charge in [-0.15, -0.1) is 0 Å². The molecule has 0 saturated carbocycles. The molecule has 2 aromatic heterocycles. The quantitative estimate of drug-likeness (QED) is 0.0295. The molecule has 2 heterocycles. The van der Waals surface area contributed by atoms with Crippen molar-refractivity contribution in [3.63, 3.8) is 0 Å². The Kier molecular flexibility index (Phi) is 12.0. The van der Waals surface area contributed by atoms with Gasteiger partial charge in [-0.1, -0.05) is 148 Å². The summed E-state index contributed by atoms with van der Waals surface area (Å²) in [6.45, 7) is -37.8. The fourth-order valence-corrected chi connectivity index (χ4v) is 10.1. The Morgan fingerprint density at radius 3 is 1.59 bits per heavy atom. The number of halogens is 8. The van der Waals surface area contributed by atoms with Gasteiger partial charge in [0.25, 0.3) is 11.1 Å². The number of amides is 2. The van der Waals surface area contributed by atoms with Gasteiger partial charge >= 0.3 is 12.4 Å². The molecule has 0 aliphatic heterocycles. The minimum Gasteiger partial charge on any atom is -0.336 e. The lowest BCUT2D eigenvalue weighted by atomic mass is 9.98. The fraction of sp³-hybridized carbons (Fsp3) is 0.370. The van der Waals surface area contributed by atoms with Crippen molar-refractivity contribution in [2.75, 3.05) is 52.0 Å². The summed E-state index contributed by atoms with van der Waals surface area (Å²) in [5.41, 5.74) is -20.8. The molecule has 2 amide bonds. The predicted octanol–water partition coefficient (Wildman–Crippen LogP) is 14.7. The first-order chi connectivity index (χ1) is 61.1. The maximum atomic E-state index is 15.3. The highest BCUT2D eigenvalue weighted by atomic mass is 32.2. The Morgan fingerprint density at radius 2 is 1.04 bits per heavy atom. The highest BCUT2D eigenvalue weighted by molar-refractivity contribution is 7.98. The van der Waals surface area contributed by atoms with E-state index in [-0.39, 0.29) is 79.5 Å². The molecule has 22 heteroatoms. The maximum Gasteiger partial charge on any atom is 0.416 e. The molecule has 502 valence electrons. The zero-order valence-electron chi connectivity index (χ0n) is 91.0. The first-order valence-electron chi connectivity index (χ1n) is 48.1. The van der Waals surface area contributed by atoms with Gasteiger partial charge in [0, 0.05) is 103 Å². The van der Waals surface area contributed by atoms with Crippen LogP contribution in [-0.4, -0.2) is 102 Å². The number of alkyl halides is 6. The van der Waals surface area contributed by atoms with Crippen molar-refractivity contribution in [1.82, 2.24) is 38.7 Å². The van der Waals surface area contributed by atoms with Gasteiger partial charge in [0.1, 0.15) is 24.7 Å². The number of carbonyl (C=O) groups is 2. The third-order valence-corrected chi connectivity index (χ3v) is 14.9. The maximum absolute atomic E-state index is 15.3. The van der Waals surface area contributed by atoms with Crippen LogP contribution in [0.3, 0.4) is 0 Å². The molecular formula is C73H78F8N8O4S2. The van der Waals surface area contributed by atoms with Crippen molar-refractivity contribution in [1.29, 1.82) is 0 Å². The van der Waals surface area contributed by atoms with Crippen molar-refractivity contribution in [2.45, 2.75) is 133 Å². The lowest BCUT2D eigenvalue weighted by Gasteiger charge is -2.28. The van der Waals surface area contributed by atoms with E-state index >= 15 is 4.79 Å². The van der Waals surface area contributed by atoms with Crippen molar-refractivity contribution in [3.8, 4) is 22.3 Å². The average molecular weight is 1390 g/mol. The van der Waals surface area contributed by atoms with Gasteiger partial charge in [-0.3, -0.25) is 19.2 Å². The summed E-state index contributed by atoms with van der Waals surface area (Å²) in [5.74, 6) is -6.41. The van der Waals surface area contributed by atoms with Crippen LogP contribution in [0.1, 0.15) is 158 Å². The highest BCUT2D eigenvalue weighted by Crippen LogP contribution is 2.36. The van der Waals surface area contributed by atoms with Crippen LogP contribution in [0.5, 0.6) is 0 Å². The molecule has 0 unspecified atom stereocenters. The molecule has 8 aromatic rings. The van der Waals surface area contributed by atoms with Crippen LogP contribution in [0.4, 0.5) is 35.1 Å². The van der Waals surface area contributed by atoms with Crippen molar-refractivity contribution in [2.24, 2.45) is 0 Å². The second kappa shape index (κ2) is 32.7. The Balaban J connectivity index is 0.000000308. The molecule has 0 N–H and O–H groups in total. The third-order valence-electron chi connectivity index (χ3n) is 13.2. The van der Waals surface area contributed by atoms with E-state index in [2.05, 4.69) is 9.97 Å². The normalized spacial score (nSPS) is 22.5. The molecule has 0 spiro atoms. The average Bonchev–Trinajstić information content (AvgIpc) is 1.51. The third kappa shape index (κ3) is 19.0. The molecule has 0 saturated heterocycles. The number of hydrogen-bond donors (Lipinski definition) is 0. The summed E-state index contributed by atoms with van der Waals surface area (Å²) in [6.07, 6.45) is -20.9. The molecule has 95 heavy (non-hydrogen) atoms. The lowest BCUT2D eigenvalue weighted by Crippen LogP contribution is -2.40. The SMILES string of the molecule is [2H]c1c([2H])c(C([2H])([2H])N(C(=O)Cn2c(SC([2H])([2H])c3ccc(F)cc3)nc(=O)c3c2C([2H])([2H])C([2H])([2H])C3([2H])[2H])C([2H])([2H])C([2H])([2H])N(C([2H])([2H])C)C([2H])([2H])C)c([2H])c([2H])c1-c1c([2H])c([2H])c(C(F)(F)F)c(C)c1[2H].[2H]c1c([2H])c(C([2H])([2H])Sc2nc(=O)c3c(n2CC(=O)N(C([2H])([2H])c2ccc(-c4ccc(C(F)(F)F)cc4)cc2)C([2H])([2H])C([2H])([2H])N(C([2H])([2H])C)C([2H])([2H])C)CCC3)c([2H])c([2H])c1F. The van der Waals surface area contributed by atoms with E-state index in [4.69, 9.17) is 48.0 Å². The van der Waals surface area contributed by atoms with E-state index in [0.717, 1.165) is 65.2 Å². The predicted molar refractivity (Wildman–Crippen MR) is 358 cm³/mol. The van der Waals surface area contributed by atoms with Gasteiger partial charge in [0.15, 0.2) is 10.3 Å². The fourth-order valence-electron chi connectivity index (χ4n) is 8.65. The van der Waals surface area contributed by atoms with Crippen LogP contribution < -0.4 is 11.1 Å². The first kappa shape index (κ1) is 34.8. The Morgan fingerprint density at radius 1 is 0.547 bits per heavy atom. The second-order valence-corrected chi connectivity index (χ2v) is 20.9. The van der Waals surface area contributed by atoms with Gasteiger partial charge in [-0.2, -0.15) is 36.3 Å². The number of hydrogen-bond acceptors (Lipinski definition) is 10. The molecular weight excluding hydrogens is 1270 g/mol. The number of likely N-dealkylation sites (N-methyl/N-ethyl adjacent to an activating group) is 2. The number of carbonyl (C=O) groups excluding carboxylic acids is 2. The van der Waals surface area contributed by atoms with Gasteiger partial charge in [0.05, 0.1) is 37.2 Å². The Hall–Kier alpha value is -7.92. The van der Waals surface area contributed by atoms with Crippen molar-refractivity contribution in [3.05, 3.63) is 233 Å². The summed E-state index contributed by atoms with van der Waals surface area (Å²) < 4.78 is 467. The summed E-state index contributed by atoms with van der Waals surface area (Å²) in [4.78, 5) is 62.9. The van der Waals surface area contributed by atoms with Crippen LogP contribution >= 0.6 is 23.5 Å². The molecule has 12 nitrogen and oxygen atoms in total. The number of fused-ring (bicyclic) bond motifs is 2. The highest BCUT2D eigenvalue weighted by Gasteiger charge is 2.33. The van der Waals surface area contributed by atoms with Crippen molar-refractivity contribution < 1.29 is 101 Å².